The standard InChI is InChI=1S/C15H19NO5S/c1-10(15(18)21-2)16(12-7-8-12)14(17)11-5-4-6-13(9-11)22(3,19)20/h4-6,9-10,12H,7-8H2,1-3H3. The van der Waals surface area contributed by atoms with Crippen molar-refractivity contribution in [1.82, 2.24) is 4.90 Å². The van der Waals surface area contributed by atoms with Crippen LogP contribution < -0.4 is 0 Å². The van der Waals surface area contributed by atoms with Crippen LogP contribution in [0.3, 0.4) is 0 Å². The highest BCUT2D eigenvalue weighted by Gasteiger charge is 2.39. The summed E-state index contributed by atoms with van der Waals surface area (Å²) in [6, 6.07) is 5.16. The summed E-state index contributed by atoms with van der Waals surface area (Å²) >= 11 is 0. The number of amides is 1. The number of benzene rings is 1. The minimum absolute atomic E-state index is 0.00323. The van der Waals surface area contributed by atoms with Crippen molar-refractivity contribution in [2.75, 3.05) is 13.4 Å². The van der Waals surface area contributed by atoms with E-state index in [9.17, 15) is 18.0 Å². The van der Waals surface area contributed by atoms with Gasteiger partial charge < -0.3 is 9.64 Å². The second-order valence-corrected chi connectivity index (χ2v) is 7.46. The molecule has 1 aromatic rings. The van der Waals surface area contributed by atoms with Crippen molar-refractivity contribution in [3.05, 3.63) is 29.8 Å². The molecule has 0 N–H and O–H groups in total. The molecule has 7 heteroatoms. The molecule has 0 bridgehead atoms. The molecule has 1 aliphatic carbocycles. The van der Waals surface area contributed by atoms with Crippen molar-refractivity contribution in [1.29, 1.82) is 0 Å². The van der Waals surface area contributed by atoms with E-state index in [2.05, 4.69) is 0 Å². The fourth-order valence-corrected chi connectivity index (χ4v) is 2.97. The first-order valence-electron chi connectivity index (χ1n) is 6.96. The van der Waals surface area contributed by atoms with Gasteiger partial charge in [0.25, 0.3) is 5.91 Å². The fraction of sp³-hybridized carbons (Fsp3) is 0.467. The molecule has 0 radical (unpaired) electrons. The number of carbonyl (C=O) groups excluding carboxylic acids is 2. The molecule has 1 amide bonds. The molecular weight excluding hydrogens is 306 g/mol. The molecule has 1 aromatic carbocycles. The molecular formula is C15H19NO5S. The summed E-state index contributed by atoms with van der Waals surface area (Å²) in [7, 11) is -2.12. The zero-order chi connectivity index (χ0) is 16.5. The van der Waals surface area contributed by atoms with E-state index in [0.717, 1.165) is 19.1 Å². The van der Waals surface area contributed by atoms with Crippen molar-refractivity contribution in [3.8, 4) is 0 Å². The van der Waals surface area contributed by atoms with Gasteiger partial charge in [0.15, 0.2) is 9.84 Å². The molecule has 0 aliphatic heterocycles. The average Bonchev–Trinajstić information content (AvgIpc) is 3.30. The van der Waals surface area contributed by atoms with Gasteiger partial charge in [0.2, 0.25) is 0 Å². The highest BCUT2D eigenvalue weighted by atomic mass is 32.2. The van der Waals surface area contributed by atoms with Crippen LogP contribution in [0, 0.1) is 0 Å². The van der Waals surface area contributed by atoms with Crippen LogP contribution in [0.15, 0.2) is 29.2 Å². The number of nitrogens with zero attached hydrogens (tertiary/aromatic N) is 1. The Morgan fingerprint density at radius 3 is 2.45 bits per heavy atom. The van der Waals surface area contributed by atoms with E-state index in [-0.39, 0.29) is 22.4 Å². The third-order valence-corrected chi connectivity index (χ3v) is 4.75. The molecule has 1 aliphatic rings. The zero-order valence-electron chi connectivity index (χ0n) is 12.8. The number of ether oxygens (including phenoxy) is 1. The Bertz CT molecular complexity index is 694. The number of carbonyl (C=O) groups is 2. The number of sulfone groups is 1. The summed E-state index contributed by atoms with van der Waals surface area (Å²) in [4.78, 5) is 26.0. The summed E-state index contributed by atoms with van der Waals surface area (Å²) in [6.07, 6.45) is 2.75. The fourth-order valence-electron chi connectivity index (χ4n) is 2.30. The van der Waals surface area contributed by atoms with E-state index in [1.807, 2.05) is 0 Å². The van der Waals surface area contributed by atoms with Crippen LogP contribution in [0.2, 0.25) is 0 Å². The summed E-state index contributed by atoms with van der Waals surface area (Å²) < 4.78 is 27.9. The first kappa shape index (κ1) is 16.5. The van der Waals surface area contributed by atoms with Gasteiger partial charge >= 0.3 is 5.97 Å². The second-order valence-electron chi connectivity index (χ2n) is 5.44. The molecule has 0 heterocycles. The Morgan fingerprint density at radius 1 is 1.32 bits per heavy atom. The normalized spacial score (nSPS) is 16.0. The molecule has 1 unspecified atom stereocenters. The molecule has 0 spiro atoms. The predicted molar refractivity (Wildman–Crippen MR) is 80.2 cm³/mol. The summed E-state index contributed by atoms with van der Waals surface area (Å²) in [6.45, 7) is 1.61. The van der Waals surface area contributed by atoms with Gasteiger partial charge in [0, 0.05) is 17.9 Å². The molecule has 1 atom stereocenters. The predicted octanol–water partition coefficient (Wildman–Crippen LogP) is 1.26. The van der Waals surface area contributed by atoms with Crippen molar-refractivity contribution in [2.45, 2.75) is 36.7 Å². The quantitative estimate of drug-likeness (QED) is 0.761. The Kier molecular flexibility index (Phi) is 4.55. The maximum absolute atomic E-state index is 12.7. The van der Waals surface area contributed by atoms with Gasteiger partial charge in [-0.25, -0.2) is 13.2 Å². The van der Waals surface area contributed by atoms with E-state index < -0.39 is 21.8 Å². The minimum atomic E-state index is -3.39. The van der Waals surface area contributed by atoms with E-state index >= 15 is 0 Å². The summed E-state index contributed by atoms with van der Waals surface area (Å²) in [5, 5.41) is 0. The first-order chi connectivity index (χ1) is 10.3. The Hall–Kier alpha value is -1.89. The lowest BCUT2D eigenvalue weighted by atomic mass is 10.1. The average molecular weight is 325 g/mol. The van der Waals surface area contributed by atoms with Crippen LogP contribution in [0.1, 0.15) is 30.1 Å². The topological polar surface area (TPSA) is 80.8 Å². The van der Waals surface area contributed by atoms with Gasteiger partial charge in [0.1, 0.15) is 6.04 Å². The highest BCUT2D eigenvalue weighted by Crippen LogP contribution is 2.30. The molecule has 1 saturated carbocycles. The first-order valence-corrected chi connectivity index (χ1v) is 8.85. The maximum Gasteiger partial charge on any atom is 0.328 e. The molecule has 22 heavy (non-hydrogen) atoms. The second kappa shape index (κ2) is 6.08. The SMILES string of the molecule is COC(=O)C(C)N(C(=O)c1cccc(S(C)(=O)=O)c1)C1CC1. The molecule has 0 aromatic heterocycles. The van der Waals surface area contributed by atoms with Gasteiger partial charge in [-0.1, -0.05) is 6.07 Å². The van der Waals surface area contributed by atoms with Crippen molar-refractivity contribution >= 4 is 21.7 Å². The number of esters is 1. The Morgan fingerprint density at radius 2 is 1.95 bits per heavy atom. The maximum atomic E-state index is 12.7. The Balaban J connectivity index is 2.34. The van der Waals surface area contributed by atoms with Crippen LogP contribution in [0.25, 0.3) is 0 Å². The van der Waals surface area contributed by atoms with Gasteiger partial charge in [0.05, 0.1) is 12.0 Å². The van der Waals surface area contributed by atoms with Crippen molar-refractivity contribution in [3.63, 3.8) is 0 Å². The monoisotopic (exact) mass is 325 g/mol. The van der Waals surface area contributed by atoms with E-state index in [1.165, 1.54) is 30.2 Å². The van der Waals surface area contributed by atoms with Gasteiger partial charge in [-0.2, -0.15) is 0 Å². The van der Waals surface area contributed by atoms with Crippen LogP contribution in [-0.2, 0) is 19.4 Å². The largest absolute Gasteiger partial charge is 0.467 e. The summed E-state index contributed by atoms with van der Waals surface area (Å²) in [5.41, 5.74) is 0.255. The smallest absolute Gasteiger partial charge is 0.328 e. The van der Waals surface area contributed by atoms with Crippen LogP contribution in [0.4, 0.5) is 0 Å². The van der Waals surface area contributed by atoms with Crippen molar-refractivity contribution < 1.29 is 22.7 Å². The number of hydrogen-bond acceptors (Lipinski definition) is 5. The third-order valence-electron chi connectivity index (χ3n) is 3.64. The van der Waals surface area contributed by atoms with Crippen LogP contribution >= 0.6 is 0 Å². The highest BCUT2D eigenvalue weighted by molar-refractivity contribution is 7.90. The van der Waals surface area contributed by atoms with Gasteiger partial charge in [-0.3, -0.25) is 4.79 Å². The molecule has 0 saturated heterocycles. The van der Waals surface area contributed by atoms with E-state index in [0.29, 0.717) is 0 Å². The van der Waals surface area contributed by atoms with E-state index in [1.54, 1.807) is 13.0 Å². The molecule has 6 nitrogen and oxygen atoms in total. The number of methoxy groups -OCH3 is 1. The molecule has 2 rings (SSSR count). The van der Waals surface area contributed by atoms with Gasteiger partial charge in [-0.15, -0.1) is 0 Å². The zero-order valence-corrected chi connectivity index (χ0v) is 13.6. The lowest BCUT2D eigenvalue weighted by Gasteiger charge is -2.27. The number of rotatable bonds is 5. The minimum Gasteiger partial charge on any atom is -0.467 e. The lowest BCUT2D eigenvalue weighted by molar-refractivity contribution is -0.145. The molecule has 120 valence electrons. The molecule has 1 fully saturated rings. The number of hydrogen-bond donors (Lipinski definition) is 0. The van der Waals surface area contributed by atoms with Crippen molar-refractivity contribution in [2.24, 2.45) is 0 Å². The third kappa shape index (κ3) is 3.47. The Labute approximate surface area is 130 Å². The van der Waals surface area contributed by atoms with Crippen LogP contribution in [0.5, 0.6) is 0 Å². The van der Waals surface area contributed by atoms with Crippen LogP contribution in [-0.4, -0.2) is 50.6 Å². The van der Waals surface area contributed by atoms with Gasteiger partial charge in [-0.05, 0) is 38.0 Å². The summed E-state index contributed by atoms with van der Waals surface area (Å²) in [5.74, 6) is -0.842. The van der Waals surface area contributed by atoms with E-state index in [4.69, 9.17) is 4.74 Å². The lowest BCUT2D eigenvalue weighted by Crippen LogP contribution is -2.45.